The van der Waals surface area contributed by atoms with Crippen LogP contribution in [0.2, 0.25) is 0 Å². The van der Waals surface area contributed by atoms with Gasteiger partial charge in [0.05, 0.1) is 22.8 Å². The van der Waals surface area contributed by atoms with E-state index in [2.05, 4.69) is 4.72 Å². The van der Waals surface area contributed by atoms with E-state index in [1.54, 1.807) is 19.9 Å². The highest BCUT2D eigenvalue weighted by Gasteiger charge is 2.17. The zero-order chi connectivity index (χ0) is 17.0. The molecule has 23 heavy (non-hydrogen) atoms. The minimum atomic E-state index is -3.95. The van der Waals surface area contributed by atoms with Crippen molar-refractivity contribution in [2.24, 2.45) is 0 Å². The van der Waals surface area contributed by atoms with E-state index < -0.39 is 21.8 Å². The molecule has 0 atom stereocenters. The molecular formula is C16H16FNO4S. The highest BCUT2D eigenvalue weighted by atomic mass is 32.2. The number of halogens is 1. The number of carbonyl (C=O) groups is 1. The summed E-state index contributed by atoms with van der Waals surface area (Å²) in [4.78, 5) is 11.5. The van der Waals surface area contributed by atoms with Crippen molar-refractivity contribution in [1.29, 1.82) is 0 Å². The second-order valence-corrected chi connectivity index (χ2v) is 6.52. The first-order valence-electron chi connectivity index (χ1n) is 6.89. The summed E-state index contributed by atoms with van der Waals surface area (Å²) in [6.07, 6.45) is 0. The van der Waals surface area contributed by atoms with E-state index in [4.69, 9.17) is 4.74 Å². The average molecular weight is 337 g/mol. The van der Waals surface area contributed by atoms with Crippen LogP contribution in [0.3, 0.4) is 0 Å². The molecule has 0 aliphatic rings. The van der Waals surface area contributed by atoms with Crippen molar-refractivity contribution in [2.75, 3.05) is 11.3 Å². The van der Waals surface area contributed by atoms with E-state index in [9.17, 15) is 17.6 Å². The lowest BCUT2D eigenvalue weighted by Crippen LogP contribution is -2.14. The number of esters is 1. The Bertz CT molecular complexity index is 816. The molecule has 2 aromatic carbocycles. The van der Waals surface area contributed by atoms with Gasteiger partial charge in [0.1, 0.15) is 5.82 Å². The largest absolute Gasteiger partial charge is 0.462 e. The predicted molar refractivity (Wildman–Crippen MR) is 84.3 cm³/mol. The van der Waals surface area contributed by atoms with Gasteiger partial charge in [-0.05, 0) is 55.8 Å². The summed E-state index contributed by atoms with van der Waals surface area (Å²) in [5.74, 6) is -1.20. The highest BCUT2D eigenvalue weighted by molar-refractivity contribution is 7.92. The van der Waals surface area contributed by atoms with Gasteiger partial charge in [0, 0.05) is 0 Å². The fourth-order valence-corrected chi connectivity index (χ4v) is 2.96. The molecule has 0 radical (unpaired) electrons. The summed E-state index contributed by atoms with van der Waals surface area (Å²) in [7, 11) is -3.95. The van der Waals surface area contributed by atoms with Crippen LogP contribution in [0, 0.1) is 12.7 Å². The van der Waals surface area contributed by atoms with Gasteiger partial charge < -0.3 is 4.74 Å². The van der Waals surface area contributed by atoms with Crippen LogP contribution in [0.1, 0.15) is 22.8 Å². The molecule has 0 aromatic heterocycles. The van der Waals surface area contributed by atoms with Gasteiger partial charge in [0.2, 0.25) is 0 Å². The van der Waals surface area contributed by atoms with Crippen LogP contribution in [0.15, 0.2) is 47.4 Å². The molecule has 0 aliphatic carbocycles. The number of carbonyl (C=O) groups excluding carboxylic acids is 1. The molecule has 0 spiro atoms. The minimum Gasteiger partial charge on any atom is -0.462 e. The first-order chi connectivity index (χ1) is 10.8. The number of hydrogen-bond acceptors (Lipinski definition) is 4. The van der Waals surface area contributed by atoms with Gasteiger partial charge >= 0.3 is 5.97 Å². The Balaban J connectivity index is 2.26. The molecule has 122 valence electrons. The molecule has 7 heteroatoms. The maximum Gasteiger partial charge on any atom is 0.338 e. The van der Waals surface area contributed by atoms with Gasteiger partial charge in [-0.1, -0.05) is 6.07 Å². The molecule has 0 bridgehead atoms. The lowest BCUT2D eigenvalue weighted by atomic mass is 10.2. The second kappa shape index (κ2) is 6.78. The number of sulfonamides is 1. The van der Waals surface area contributed by atoms with Crippen LogP contribution in [0.4, 0.5) is 10.1 Å². The molecule has 5 nitrogen and oxygen atoms in total. The van der Waals surface area contributed by atoms with E-state index in [0.29, 0.717) is 0 Å². The molecular weight excluding hydrogens is 321 g/mol. The molecule has 2 rings (SSSR count). The van der Waals surface area contributed by atoms with Gasteiger partial charge in [-0.3, -0.25) is 4.72 Å². The van der Waals surface area contributed by atoms with E-state index in [-0.39, 0.29) is 22.8 Å². The second-order valence-electron chi connectivity index (χ2n) is 4.83. The maximum atomic E-state index is 13.7. The number of rotatable bonds is 5. The smallest absolute Gasteiger partial charge is 0.338 e. The maximum absolute atomic E-state index is 13.7. The molecule has 2 aromatic rings. The standard InChI is InChI=1S/C16H16FNO4S/c1-3-22-16(19)12-5-7-13(8-6-12)23(20,21)18-15-10-11(2)4-9-14(15)17/h4-10,18H,3H2,1-2H3. The third-order valence-electron chi connectivity index (χ3n) is 3.04. The summed E-state index contributed by atoms with van der Waals surface area (Å²) < 4.78 is 45.3. The van der Waals surface area contributed by atoms with E-state index in [0.717, 1.165) is 5.56 Å². The molecule has 0 heterocycles. The molecule has 0 aliphatic heterocycles. The van der Waals surface area contributed by atoms with Crippen molar-refractivity contribution in [3.63, 3.8) is 0 Å². The van der Waals surface area contributed by atoms with E-state index >= 15 is 0 Å². The van der Waals surface area contributed by atoms with Gasteiger partial charge in [0.25, 0.3) is 10.0 Å². The Kier molecular flexibility index (Phi) is 5.00. The molecule has 0 amide bonds. The molecule has 0 saturated carbocycles. The quantitative estimate of drug-likeness (QED) is 0.851. The number of hydrogen-bond donors (Lipinski definition) is 1. The van der Waals surface area contributed by atoms with Crippen molar-refractivity contribution in [3.8, 4) is 0 Å². The molecule has 1 N–H and O–H groups in total. The monoisotopic (exact) mass is 337 g/mol. The molecule has 0 unspecified atom stereocenters. The fraction of sp³-hybridized carbons (Fsp3) is 0.188. The number of aryl methyl sites for hydroxylation is 1. The first kappa shape index (κ1) is 17.0. The molecule has 0 fully saturated rings. The number of anilines is 1. The van der Waals surface area contributed by atoms with Crippen LogP contribution < -0.4 is 4.72 Å². The van der Waals surface area contributed by atoms with Crippen LogP contribution >= 0.6 is 0 Å². The minimum absolute atomic E-state index is 0.0774. The van der Waals surface area contributed by atoms with Crippen molar-refractivity contribution >= 4 is 21.7 Å². The van der Waals surface area contributed by atoms with Crippen LogP contribution in [-0.4, -0.2) is 21.0 Å². The Morgan fingerprint density at radius 3 is 2.43 bits per heavy atom. The van der Waals surface area contributed by atoms with Crippen LogP contribution in [0.25, 0.3) is 0 Å². The van der Waals surface area contributed by atoms with Crippen molar-refractivity contribution in [1.82, 2.24) is 0 Å². The topological polar surface area (TPSA) is 72.5 Å². The Morgan fingerprint density at radius 2 is 1.83 bits per heavy atom. The van der Waals surface area contributed by atoms with Gasteiger partial charge in [0.15, 0.2) is 0 Å². The van der Waals surface area contributed by atoms with E-state index in [1.807, 2.05) is 0 Å². The summed E-state index contributed by atoms with van der Waals surface area (Å²) in [5, 5.41) is 0. The first-order valence-corrected chi connectivity index (χ1v) is 8.38. The number of nitrogens with one attached hydrogen (secondary N) is 1. The van der Waals surface area contributed by atoms with Gasteiger partial charge in [-0.15, -0.1) is 0 Å². The predicted octanol–water partition coefficient (Wildman–Crippen LogP) is 3.11. The van der Waals surface area contributed by atoms with Crippen LogP contribution in [0.5, 0.6) is 0 Å². The third-order valence-corrected chi connectivity index (χ3v) is 4.42. The van der Waals surface area contributed by atoms with E-state index in [1.165, 1.54) is 36.4 Å². The Morgan fingerprint density at radius 1 is 1.17 bits per heavy atom. The lowest BCUT2D eigenvalue weighted by Gasteiger charge is -2.10. The summed E-state index contributed by atoms with van der Waals surface area (Å²) in [5.41, 5.74) is 0.841. The molecule has 0 saturated heterocycles. The zero-order valence-electron chi connectivity index (χ0n) is 12.7. The van der Waals surface area contributed by atoms with Crippen molar-refractivity contribution in [3.05, 3.63) is 59.4 Å². The van der Waals surface area contributed by atoms with Crippen LogP contribution in [-0.2, 0) is 14.8 Å². The SMILES string of the molecule is CCOC(=O)c1ccc(S(=O)(=O)Nc2cc(C)ccc2F)cc1. The normalized spacial score (nSPS) is 11.1. The number of ether oxygens (including phenoxy) is 1. The average Bonchev–Trinajstić information content (AvgIpc) is 2.51. The van der Waals surface area contributed by atoms with Gasteiger partial charge in [-0.25, -0.2) is 17.6 Å². The Labute approximate surface area is 134 Å². The Hall–Kier alpha value is -2.41. The number of benzene rings is 2. The van der Waals surface area contributed by atoms with Crippen molar-refractivity contribution in [2.45, 2.75) is 18.7 Å². The summed E-state index contributed by atoms with van der Waals surface area (Å²) in [6, 6.07) is 9.36. The highest BCUT2D eigenvalue weighted by Crippen LogP contribution is 2.21. The summed E-state index contributed by atoms with van der Waals surface area (Å²) in [6.45, 7) is 3.63. The lowest BCUT2D eigenvalue weighted by molar-refractivity contribution is 0.0526. The summed E-state index contributed by atoms with van der Waals surface area (Å²) >= 11 is 0. The third kappa shape index (κ3) is 4.07. The van der Waals surface area contributed by atoms with Crippen molar-refractivity contribution < 1.29 is 22.3 Å². The zero-order valence-corrected chi connectivity index (χ0v) is 13.5. The fourth-order valence-electron chi connectivity index (χ4n) is 1.91. The van der Waals surface area contributed by atoms with Gasteiger partial charge in [-0.2, -0.15) is 0 Å².